The summed E-state index contributed by atoms with van der Waals surface area (Å²) in [7, 11) is -2.44. The molecule has 1 heterocycles. The van der Waals surface area contributed by atoms with Crippen LogP contribution in [0.3, 0.4) is 0 Å². The van der Waals surface area contributed by atoms with Gasteiger partial charge in [0.25, 0.3) is 0 Å². The topological polar surface area (TPSA) is 119 Å². The minimum atomic E-state index is -3.96. The summed E-state index contributed by atoms with van der Waals surface area (Å²) in [6.45, 7) is 1.89. The van der Waals surface area contributed by atoms with Gasteiger partial charge in [-0.25, -0.2) is 18.4 Å². The molecule has 9 heteroatoms. The number of anilines is 2. The molecule has 0 radical (unpaired) electrons. The van der Waals surface area contributed by atoms with E-state index in [1.807, 2.05) is 13.0 Å². The highest BCUT2D eigenvalue weighted by atomic mass is 32.2. The lowest BCUT2D eigenvalue weighted by Gasteiger charge is -2.07. The maximum absolute atomic E-state index is 11.9. The molecule has 21 heavy (non-hydrogen) atoms. The first kappa shape index (κ1) is 15.0. The van der Waals surface area contributed by atoms with E-state index in [-0.39, 0.29) is 10.7 Å². The van der Waals surface area contributed by atoms with Gasteiger partial charge in [0.15, 0.2) is 5.82 Å². The number of nitrogens with one attached hydrogen (secondary N) is 2. The van der Waals surface area contributed by atoms with E-state index in [1.165, 1.54) is 17.9 Å². The molecule has 0 aliphatic rings. The molecule has 0 aliphatic carbocycles. The first-order chi connectivity index (χ1) is 9.75. The predicted molar refractivity (Wildman–Crippen MR) is 78.4 cm³/mol. The summed E-state index contributed by atoms with van der Waals surface area (Å²) in [5, 5.41) is 13.9. The van der Waals surface area contributed by atoms with E-state index in [0.717, 1.165) is 5.56 Å². The molecule has 112 valence electrons. The number of rotatable bonds is 3. The number of primary sulfonamides is 1. The molecule has 2 aromatic rings. The maximum atomic E-state index is 11.9. The second kappa shape index (κ2) is 5.54. The first-order valence-corrected chi connectivity index (χ1v) is 7.51. The van der Waals surface area contributed by atoms with Crippen molar-refractivity contribution in [1.29, 1.82) is 0 Å². The highest BCUT2D eigenvalue weighted by Crippen LogP contribution is 2.18. The number of carbonyl (C=O) groups is 1. The number of aryl methyl sites for hydroxylation is 2. The Balaban J connectivity index is 2.17. The van der Waals surface area contributed by atoms with Crippen LogP contribution < -0.4 is 15.8 Å². The number of carbonyl (C=O) groups excluding carboxylic acids is 1. The lowest BCUT2D eigenvalue weighted by molar-refractivity contribution is 0.262. The van der Waals surface area contributed by atoms with Gasteiger partial charge in [0.2, 0.25) is 10.0 Å². The normalized spacial score (nSPS) is 11.2. The van der Waals surface area contributed by atoms with Gasteiger partial charge in [-0.2, -0.15) is 5.10 Å². The van der Waals surface area contributed by atoms with E-state index in [4.69, 9.17) is 5.14 Å². The smallest absolute Gasteiger partial charge is 0.308 e. The van der Waals surface area contributed by atoms with E-state index in [0.29, 0.717) is 5.69 Å². The first-order valence-electron chi connectivity index (χ1n) is 5.97. The Hall–Kier alpha value is -2.39. The molecule has 1 aromatic heterocycles. The van der Waals surface area contributed by atoms with Crippen molar-refractivity contribution < 1.29 is 13.2 Å². The number of hydrogen-bond donors (Lipinski definition) is 3. The van der Waals surface area contributed by atoms with Crippen molar-refractivity contribution >= 4 is 27.6 Å². The summed E-state index contributed by atoms with van der Waals surface area (Å²) in [5.41, 5.74) is 1.57. The molecule has 0 saturated carbocycles. The van der Waals surface area contributed by atoms with Gasteiger partial charge in [0.1, 0.15) is 4.90 Å². The molecule has 8 nitrogen and oxygen atoms in total. The average molecular weight is 309 g/mol. The van der Waals surface area contributed by atoms with Crippen LogP contribution in [0.5, 0.6) is 0 Å². The fourth-order valence-corrected chi connectivity index (χ4v) is 2.42. The van der Waals surface area contributed by atoms with E-state index >= 15 is 0 Å². The molecule has 0 saturated heterocycles. The monoisotopic (exact) mass is 309 g/mol. The van der Waals surface area contributed by atoms with E-state index < -0.39 is 16.1 Å². The number of nitrogens with zero attached hydrogens (tertiary/aromatic N) is 2. The van der Waals surface area contributed by atoms with Crippen molar-refractivity contribution in [2.24, 2.45) is 12.2 Å². The van der Waals surface area contributed by atoms with Crippen LogP contribution in [-0.4, -0.2) is 24.2 Å². The van der Waals surface area contributed by atoms with Crippen LogP contribution in [0.4, 0.5) is 16.3 Å². The second-order valence-electron chi connectivity index (χ2n) is 4.51. The van der Waals surface area contributed by atoms with Gasteiger partial charge in [0.05, 0.1) is 0 Å². The molecule has 2 rings (SSSR count). The second-order valence-corrected chi connectivity index (χ2v) is 6.04. The van der Waals surface area contributed by atoms with Gasteiger partial charge >= 0.3 is 6.03 Å². The highest BCUT2D eigenvalue weighted by Gasteiger charge is 2.19. The Morgan fingerprint density at radius 2 is 2.05 bits per heavy atom. The zero-order valence-electron chi connectivity index (χ0n) is 11.5. The molecular weight excluding hydrogens is 294 g/mol. The minimum Gasteiger partial charge on any atom is -0.308 e. The van der Waals surface area contributed by atoms with Crippen LogP contribution >= 0.6 is 0 Å². The van der Waals surface area contributed by atoms with Gasteiger partial charge in [0, 0.05) is 18.9 Å². The Labute approximate surface area is 122 Å². The molecule has 2 amide bonds. The van der Waals surface area contributed by atoms with E-state index in [9.17, 15) is 13.2 Å². The summed E-state index contributed by atoms with van der Waals surface area (Å²) in [6.07, 6.45) is 1.22. The van der Waals surface area contributed by atoms with Crippen molar-refractivity contribution in [2.45, 2.75) is 11.8 Å². The van der Waals surface area contributed by atoms with Crippen molar-refractivity contribution in [3.8, 4) is 0 Å². The largest absolute Gasteiger partial charge is 0.324 e. The fraction of sp³-hybridized carbons (Fsp3) is 0.167. The number of urea groups is 1. The number of nitrogens with two attached hydrogens (primary N) is 1. The zero-order chi connectivity index (χ0) is 15.6. The number of aromatic nitrogens is 2. The van der Waals surface area contributed by atoms with Crippen LogP contribution in [0.25, 0.3) is 0 Å². The van der Waals surface area contributed by atoms with Gasteiger partial charge in [-0.15, -0.1) is 0 Å². The molecule has 4 N–H and O–H groups in total. The summed E-state index contributed by atoms with van der Waals surface area (Å²) < 4.78 is 24.1. The third kappa shape index (κ3) is 3.80. The molecule has 0 aliphatic heterocycles. The van der Waals surface area contributed by atoms with Crippen LogP contribution in [-0.2, 0) is 17.1 Å². The van der Waals surface area contributed by atoms with Crippen molar-refractivity contribution in [2.75, 3.05) is 10.6 Å². The molecule has 0 spiro atoms. The van der Waals surface area contributed by atoms with Crippen LogP contribution in [0.2, 0.25) is 0 Å². The quantitative estimate of drug-likeness (QED) is 0.784. The van der Waals surface area contributed by atoms with Crippen LogP contribution in [0.1, 0.15) is 5.56 Å². The summed E-state index contributed by atoms with van der Waals surface area (Å²) in [6, 6.07) is 6.57. The van der Waals surface area contributed by atoms with E-state index in [2.05, 4.69) is 15.7 Å². The molecular formula is C12H15N5O3S. The van der Waals surface area contributed by atoms with Gasteiger partial charge in [-0.1, -0.05) is 12.1 Å². The standard InChI is InChI=1S/C12H15N5O3S/c1-8-4-3-5-9(6-8)14-12(18)15-11-10(21(13,19)20)7-17(2)16-11/h3-7H,1-2H3,(H2,13,19,20)(H2,14,15,16,18). The Kier molecular flexibility index (Phi) is 3.96. The fourth-order valence-electron chi connectivity index (χ4n) is 1.75. The third-order valence-electron chi connectivity index (χ3n) is 2.61. The van der Waals surface area contributed by atoms with Crippen LogP contribution in [0.15, 0.2) is 35.4 Å². The predicted octanol–water partition coefficient (Wildman–Crippen LogP) is 1.02. The minimum absolute atomic E-state index is 0.120. The Bertz CT molecular complexity index is 782. The number of benzene rings is 1. The lowest BCUT2D eigenvalue weighted by atomic mass is 10.2. The molecule has 0 fully saturated rings. The van der Waals surface area contributed by atoms with Gasteiger partial charge in [-0.05, 0) is 24.6 Å². The third-order valence-corrected chi connectivity index (χ3v) is 3.52. The number of sulfonamides is 1. The van der Waals surface area contributed by atoms with Gasteiger partial charge < -0.3 is 5.32 Å². The molecule has 0 unspecified atom stereocenters. The van der Waals surface area contributed by atoms with Crippen molar-refractivity contribution in [3.05, 3.63) is 36.0 Å². The van der Waals surface area contributed by atoms with Crippen molar-refractivity contribution in [3.63, 3.8) is 0 Å². The maximum Gasteiger partial charge on any atom is 0.324 e. The van der Waals surface area contributed by atoms with Gasteiger partial charge in [-0.3, -0.25) is 10.00 Å². The average Bonchev–Trinajstić information content (AvgIpc) is 2.69. The molecule has 0 atom stereocenters. The highest BCUT2D eigenvalue weighted by molar-refractivity contribution is 7.89. The van der Waals surface area contributed by atoms with Crippen molar-refractivity contribution in [1.82, 2.24) is 9.78 Å². The van der Waals surface area contributed by atoms with Crippen LogP contribution in [0, 0.1) is 6.92 Å². The molecule has 1 aromatic carbocycles. The Morgan fingerprint density at radius 3 is 2.67 bits per heavy atom. The zero-order valence-corrected chi connectivity index (χ0v) is 12.3. The van der Waals surface area contributed by atoms with E-state index in [1.54, 1.807) is 18.2 Å². The summed E-state index contributed by atoms with van der Waals surface area (Å²) in [5.74, 6) is -0.120. The molecule has 0 bridgehead atoms. The summed E-state index contributed by atoms with van der Waals surface area (Å²) in [4.78, 5) is 11.6. The lowest BCUT2D eigenvalue weighted by Crippen LogP contribution is -2.22. The number of amides is 2. The SMILES string of the molecule is Cc1cccc(NC(=O)Nc2nn(C)cc2S(N)(=O)=O)c1. The summed E-state index contributed by atoms with van der Waals surface area (Å²) >= 11 is 0. The number of hydrogen-bond acceptors (Lipinski definition) is 4. The Morgan fingerprint density at radius 1 is 1.33 bits per heavy atom.